The lowest BCUT2D eigenvalue weighted by Crippen LogP contribution is -2.07. The normalized spacial score (nSPS) is 14.0. The molecule has 0 radical (unpaired) electrons. The summed E-state index contributed by atoms with van der Waals surface area (Å²) in [6, 6.07) is 0.278. The van der Waals surface area contributed by atoms with Crippen LogP contribution in [0.1, 0.15) is 19.8 Å². The van der Waals surface area contributed by atoms with Crippen molar-refractivity contribution < 1.29 is 4.92 Å². The SMILES string of the molecule is CCSc1nnc(Sc2ncc([N+](=O)[O-])c(NC3CC3)n2)s1. The van der Waals surface area contributed by atoms with Crippen molar-refractivity contribution in [2.75, 3.05) is 11.1 Å². The zero-order valence-electron chi connectivity index (χ0n) is 11.6. The molecule has 1 fully saturated rings. The summed E-state index contributed by atoms with van der Waals surface area (Å²) in [5.41, 5.74) is -0.101. The Hall–Kier alpha value is -1.46. The highest BCUT2D eigenvalue weighted by atomic mass is 32.2. The van der Waals surface area contributed by atoms with Gasteiger partial charge >= 0.3 is 5.69 Å². The molecule has 1 aliphatic carbocycles. The lowest BCUT2D eigenvalue weighted by atomic mass is 10.4. The van der Waals surface area contributed by atoms with Gasteiger partial charge in [0.25, 0.3) is 0 Å². The molecular formula is C11H12N6O2S3. The van der Waals surface area contributed by atoms with Crippen LogP contribution in [0.2, 0.25) is 0 Å². The van der Waals surface area contributed by atoms with Crippen molar-refractivity contribution in [3.8, 4) is 0 Å². The van der Waals surface area contributed by atoms with Crippen LogP contribution >= 0.6 is 34.9 Å². The molecule has 1 saturated carbocycles. The van der Waals surface area contributed by atoms with Crippen LogP contribution in [0.4, 0.5) is 11.5 Å². The van der Waals surface area contributed by atoms with Gasteiger partial charge in [-0.15, -0.1) is 10.2 Å². The van der Waals surface area contributed by atoms with Crippen LogP contribution in [-0.4, -0.2) is 36.9 Å². The maximum Gasteiger partial charge on any atom is 0.329 e. The van der Waals surface area contributed by atoms with E-state index in [2.05, 4.69) is 25.5 Å². The minimum absolute atomic E-state index is 0.101. The third-order valence-corrected chi connectivity index (χ3v) is 5.57. The van der Waals surface area contributed by atoms with Gasteiger partial charge in [0.1, 0.15) is 6.20 Å². The summed E-state index contributed by atoms with van der Waals surface area (Å²) >= 11 is 4.35. The zero-order valence-corrected chi connectivity index (χ0v) is 14.0. The molecule has 8 nitrogen and oxygen atoms in total. The van der Waals surface area contributed by atoms with Crippen molar-refractivity contribution in [3.63, 3.8) is 0 Å². The lowest BCUT2D eigenvalue weighted by molar-refractivity contribution is -0.384. The van der Waals surface area contributed by atoms with Gasteiger partial charge in [0.05, 0.1) is 4.92 Å². The summed E-state index contributed by atoms with van der Waals surface area (Å²) in [5, 5.41) is 22.7. The first-order valence-corrected chi connectivity index (χ1v) is 9.19. The van der Waals surface area contributed by atoms with Gasteiger partial charge in [-0.2, -0.15) is 4.98 Å². The van der Waals surface area contributed by atoms with Crippen molar-refractivity contribution in [3.05, 3.63) is 16.3 Å². The fourth-order valence-electron chi connectivity index (χ4n) is 1.57. The van der Waals surface area contributed by atoms with Gasteiger partial charge < -0.3 is 5.32 Å². The van der Waals surface area contributed by atoms with Crippen LogP contribution in [0.25, 0.3) is 0 Å². The molecule has 2 heterocycles. The lowest BCUT2D eigenvalue weighted by Gasteiger charge is -2.05. The molecule has 116 valence electrons. The number of aromatic nitrogens is 4. The number of nitrogens with one attached hydrogen (secondary N) is 1. The maximum absolute atomic E-state index is 11.0. The average Bonchev–Trinajstić information content (AvgIpc) is 3.18. The van der Waals surface area contributed by atoms with Crippen LogP contribution in [0, 0.1) is 10.1 Å². The third-order valence-electron chi connectivity index (χ3n) is 2.70. The van der Waals surface area contributed by atoms with Gasteiger partial charge in [-0.05, 0) is 30.4 Å². The van der Waals surface area contributed by atoms with E-state index in [4.69, 9.17) is 0 Å². The predicted octanol–water partition coefficient (Wildman–Crippen LogP) is 3.07. The minimum atomic E-state index is -0.472. The summed E-state index contributed by atoms with van der Waals surface area (Å²) in [6.07, 6.45) is 3.26. The van der Waals surface area contributed by atoms with Crippen LogP contribution in [0.5, 0.6) is 0 Å². The Bertz CT molecular complexity index is 690. The Morgan fingerprint density at radius 2 is 2.23 bits per heavy atom. The van der Waals surface area contributed by atoms with E-state index in [9.17, 15) is 10.1 Å². The van der Waals surface area contributed by atoms with E-state index in [-0.39, 0.29) is 17.5 Å². The molecule has 22 heavy (non-hydrogen) atoms. The molecule has 0 aliphatic heterocycles. The van der Waals surface area contributed by atoms with Crippen molar-refractivity contribution in [1.29, 1.82) is 0 Å². The van der Waals surface area contributed by atoms with Gasteiger partial charge in [-0.3, -0.25) is 10.1 Å². The highest BCUT2D eigenvalue weighted by molar-refractivity contribution is 8.03. The van der Waals surface area contributed by atoms with Crippen molar-refractivity contribution in [1.82, 2.24) is 20.2 Å². The Kier molecular flexibility index (Phi) is 4.74. The van der Waals surface area contributed by atoms with E-state index in [0.717, 1.165) is 27.3 Å². The second-order valence-corrected chi connectivity index (χ2v) is 8.13. The summed E-state index contributed by atoms with van der Waals surface area (Å²) < 4.78 is 1.62. The van der Waals surface area contributed by atoms with Gasteiger partial charge in [0.15, 0.2) is 13.8 Å². The quantitative estimate of drug-likeness (QED) is 0.346. The fraction of sp³-hybridized carbons (Fsp3) is 0.455. The largest absolute Gasteiger partial charge is 0.361 e. The molecule has 0 unspecified atom stereocenters. The smallest absolute Gasteiger partial charge is 0.329 e. The second kappa shape index (κ2) is 6.75. The number of anilines is 1. The minimum Gasteiger partial charge on any atom is -0.361 e. The highest BCUT2D eigenvalue weighted by Gasteiger charge is 2.26. The molecule has 11 heteroatoms. The van der Waals surface area contributed by atoms with E-state index >= 15 is 0 Å². The molecule has 2 aromatic rings. The average molecular weight is 356 g/mol. The number of rotatable bonds is 7. The molecular weight excluding hydrogens is 344 g/mol. The van der Waals surface area contributed by atoms with E-state index in [1.54, 1.807) is 11.8 Å². The molecule has 0 spiro atoms. The summed E-state index contributed by atoms with van der Waals surface area (Å²) in [4.78, 5) is 18.8. The van der Waals surface area contributed by atoms with Gasteiger partial charge in [-0.1, -0.05) is 30.0 Å². The molecule has 2 aromatic heterocycles. The molecule has 0 bridgehead atoms. The van der Waals surface area contributed by atoms with Gasteiger partial charge in [0.2, 0.25) is 5.82 Å². The molecule has 1 aliphatic rings. The van der Waals surface area contributed by atoms with E-state index in [1.807, 2.05) is 6.92 Å². The Labute approximate surface area is 138 Å². The summed E-state index contributed by atoms with van der Waals surface area (Å²) in [5.74, 6) is 1.21. The Morgan fingerprint density at radius 3 is 2.91 bits per heavy atom. The van der Waals surface area contributed by atoms with Crippen LogP contribution < -0.4 is 5.32 Å². The summed E-state index contributed by atoms with van der Waals surface area (Å²) in [6.45, 7) is 2.05. The van der Waals surface area contributed by atoms with Crippen molar-refractivity contribution in [2.24, 2.45) is 0 Å². The van der Waals surface area contributed by atoms with E-state index in [1.165, 1.54) is 29.3 Å². The van der Waals surface area contributed by atoms with Crippen molar-refractivity contribution >= 4 is 46.4 Å². The second-order valence-electron chi connectivity index (χ2n) is 4.43. The standard InChI is InChI=1S/C11H12N6O2S3/c1-2-20-10-15-16-11(22-10)21-9-12-5-7(17(18)19)8(14-9)13-6-3-4-6/h5-6H,2-4H2,1H3,(H,12,13,14). The Balaban J connectivity index is 1.78. The van der Waals surface area contributed by atoms with Crippen LogP contribution in [0.3, 0.4) is 0 Å². The first kappa shape index (κ1) is 15.4. The zero-order chi connectivity index (χ0) is 15.5. The van der Waals surface area contributed by atoms with Crippen LogP contribution in [0.15, 0.2) is 20.0 Å². The van der Waals surface area contributed by atoms with Crippen LogP contribution in [-0.2, 0) is 0 Å². The molecule has 1 N–H and O–H groups in total. The Morgan fingerprint density at radius 1 is 1.45 bits per heavy atom. The number of hydrogen-bond acceptors (Lipinski definition) is 10. The van der Waals surface area contributed by atoms with E-state index < -0.39 is 4.92 Å². The first-order chi connectivity index (χ1) is 10.7. The predicted molar refractivity (Wildman–Crippen MR) is 85.8 cm³/mol. The molecule has 0 saturated heterocycles. The number of nitrogens with zero attached hydrogens (tertiary/aromatic N) is 5. The monoisotopic (exact) mass is 356 g/mol. The maximum atomic E-state index is 11.0. The third kappa shape index (κ3) is 3.84. The first-order valence-electron chi connectivity index (χ1n) is 6.58. The summed E-state index contributed by atoms with van der Waals surface area (Å²) in [7, 11) is 0. The molecule has 3 rings (SSSR count). The van der Waals surface area contributed by atoms with Gasteiger partial charge in [0, 0.05) is 6.04 Å². The fourth-order valence-corrected chi connectivity index (χ4v) is 4.32. The number of thioether (sulfide) groups is 1. The molecule has 0 atom stereocenters. The van der Waals surface area contributed by atoms with E-state index in [0.29, 0.717) is 5.16 Å². The molecule has 0 amide bonds. The molecule has 0 aromatic carbocycles. The highest BCUT2D eigenvalue weighted by Crippen LogP contribution is 2.34. The number of nitro groups is 1. The topological polar surface area (TPSA) is 107 Å². The number of hydrogen-bond donors (Lipinski definition) is 1. The van der Waals surface area contributed by atoms with Crippen molar-refractivity contribution in [2.45, 2.75) is 39.6 Å². The van der Waals surface area contributed by atoms with Gasteiger partial charge in [-0.25, -0.2) is 4.98 Å².